The summed E-state index contributed by atoms with van der Waals surface area (Å²) in [5.74, 6) is 0.544. The number of H-pyrrole nitrogens is 1. The van der Waals surface area contributed by atoms with Crippen LogP contribution in [0.1, 0.15) is 23.3 Å². The second-order valence-corrected chi connectivity index (χ2v) is 7.50. The predicted octanol–water partition coefficient (Wildman–Crippen LogP) is 3.64. The smallest absolute Gasteiger partial charge is 0.268 e. The molecule has 3 aromatic heterocycles. The first-order chi connectivity index (χ1) is 11.8. The SMILES string of the molecule is O=c1c2c3c(sc2n2c(=S)[nH]nc2n1-c1ccccc1)CCCC3. The van der Waals surface area contributed by atoms with Gasteiger partial charge in [-0.05, 0) is 55.6 Å². The third-order valence-electron chi connectivity index (χ3n) is 4.64. The molecule has 7 heteroatoms. The summed E-state index contributed by atoms with van der Waals surface area (Å²) in [7, 11) is 0. The summed E-state index contributed by atoms with van der Waals surface area (Å²) in [6.07, 6.45) is 4.34. The molecule has 1 aliphatic carbocycles. The number of fused-ring (bicyclic) bond motifs is 5. The van der Waals surface area contributed by atoms with Gasteiger partial charge in [-0.25, -0.2) is 14.1 Å². The van der Waals surface area contributed by atoms with E-state index in [2.05, 4.69) is 10.2 Å². The molecule has 24 heavy (non-hydrogen) atoms. The van der Waals surface area contributed by atoms with Crippen LogP contribution < -0.4 is 5.56 Å². The Hall–Kier alpha value is -2.25. The number of nitrogens with one attached hydrogen (secondary N) is 1. The van der Waals surface area contributed by atoms with Crippen molar-refractivity contribution in [1.82, 2.24) is 19.2 Å². The van der Waals surface area contributed by atoms with E-state index in [0.717, 1.165) is 35.2 Å². The number of rotatable bonds is 1. The van der Waals surface area contributed by atoms with Gasteiger partial charge in [0.1, 0.15) is 4.83 Å². The molecule has 5 rings (SSSR count). The molecule has 1 aromatic carbocycles. The van der Waals surface area contributed by atoms with E-state index >= 15 is 0 Å². The topological polar surface area (TPSA) is 55.1 Å². The molecule has 1 aliphatic rings. The second kappa shape index (κ2) is 5.12. The van der Waals surface area contributed by atoms with Gasteiger partial charge in [-0.3, -0.25) is 4.79 Å². The summed E-state index contributed by atoms with van der Waals surface area (Å²) in [5, 5.41) is 7.99. The van der Waals surface area contributed by atoms with Crippen molar-refractivity contribution in [2.75, 3.05) is 0 Å². The normalized spacial score (nSPS) is 14.3. The maximum absolute atomic E-state index is 13.4. The van der Waals surface area contributed by atoms with E-state index in [1.807, 2.05) is 34.7 Å². The molecule has 1 N–H and O–H groups in total. The molecule has 3 heterocycles. The van der Waals surface area contributed by atoms with Gasteiger partial charge < -0.3 is 0 Å². The monoisotopic (exact) mass is 354 g/mol. The summed E-state index contributed by atoms with van der Waals surface area (Å²) in [6.45, 7) is 0. The Morgan fingerprint density at radius 1 is 1.17 bits per heavy atom. The lowest BCUT2D eigenvalue weighted by Gasteiger charge is -2.11. The standard InChI is InChI=1S/C17H14N4OS2/c22-14-13-11-8-4-5-9-12(11)24-15(13)21-16(18-19-17(21)23)20(14)10-6-2-1-3-7-10/h1-3,6-7H,4-5,8-9H2,(H,19,23). The average molecular weight is 354 g/mol. The molecular formula is C17H14N4OS2. The molecule has 0 spiro atoms. The minimum absolute atomic E-state index is 0.00269. The first-order valence-electron chi connectivity index (χ1n) is 7.97. The van der Waals surface area contributed by atoms with Crippen molar-refractivity contribution in [1.29, 1.82) is 0 Å². The Balaban J connectivity index is 2.04. The minimum Gasteiger partial charge on any atom is -0.268 e. The van der Waals surface area contributed by atoms with E-state index in [-0.39, 0.29) is 5.56 Å². The molecule has 0 saturated heterocycles. The van der Waals surface area contributed by atoms with Gasteiger partial charge in [0, 0.05) is 4.88 Å². The molecule has 0 atom stereocenters. The maximum Gasteiger partial charge on any atom is 0.268 e. The molecule has 0 unspecified atom stereocenters. The van der Waals surface area contributed by atoms with Crippen LogP contribution in [0, 0.1) is 4.77 Å². The maximum atomic E-state index is 13.4. The summed E-state index contributed by atoms with van der Waals surface area (Å²) >= 11 is 7.13. The molecule has 0 radical (unpaired) electrons. The highest BCUT2D eigenvalue weighted by Crippen LogP contribution is 2.35. The molecular weight excluding hydrogens is 340 g/mol. The van der Waals surface area contributed by atoms with E-state index in [4.69, 9.17) is 12.2 Å². The molecule has 0 saturated carbocycles. The predicted molar refractivity (Wildman–Crippen MR) is 98.0 cm³/mol. The van der Waals surface area contributed by atoms with E-state index in [1.54, 1.807) is 15.9 Å². The molecule has 120 valence electrons. The zero-order chi connectivity index (χ0) is 16.3. The van der Waals surface area contributed by atoms with Crippen LogP contribution in [0.3, 0.4) is 0 Å². The van der Waals surface area contributed by atoms with E-state index in [1.165, 1.54) is 16.9 Å². The highest BCUT2D eigenvalue weighted by atomic mass is 32.1. The fourth-order valence-corrected chi connectivity index (χ4v) is 5.22. The number of thiophene rings is 1. The van der Waals surface area contributed by atoms with Crippen molar-refractivity contribution < 1.29 is 0 Å². The quantitative estimate of drug-likeness (QED) is 0.531. The Kier molecular flexibility index (Phi) is 3.01. The number of hydrogen-bond donors (Lipinski definition) is 1. The first-order valence-corrected chi connectivity index (χ1v) is 9.20. The van der Waals surface area contributed by atoms with Crippen LogP contribution in [0.2, 0.25) is 0 Å². The lowest BCUT2D eigenvalue weighted by atomic mass is 9.97. The van der Waals surface area contributed by atoms with Crippen molar-refractivity contribution in [2.24, 2.45) is 0 Å². The van der Waals surface area contributed by atoms with Crippen LogP contribution in [0.5, 0.6) is 0 Å². The van der Waals surface area contributed by atoms with E-state index in [0.29, 0.717) is 10.5 Å². The number of aryl methyl sites for hydroxylation is 2. The minimum atomic E-state index is -0.00269. The summed E-state index contributed by atoms with van der Waals surface area (Å²) < 4.78 is 4.09. The van der Waals surface area contributed by atoms with Crippen molar-refractivity contribution >= 4 is 39.5 Å². The lowest BCUT2D eigenvalue weighted by Crippen LogP contribution is -2.22. The summed E-state index contributed by atoms with van der Waals surface area (Å²) in [5.41, 5.74) is 2.01. The van der Waals surface area contributed by atoms with E-state index in [9.17, 15) is 4.79 Å². The molecule has 4 aromatic rings. The van der Waals surface area contributed by atoms with Crippen molar-refractivity contribution in [2.45, 2.75) is 25.7 Å². The first kappa shape index (κ1) is 14.1. The van der Waals surface area contributed by atoms with Crippen molar-refractivity contribution in [3.05, 3.63) is 55.9 Å². The second-order valence-electron chi connectivity index (χ2n) is 6.03. The van der Waals surface area contributed by atoms with E-state index < -0.39 is 0 Å². The number of nitrogens with zero attached hydrogens (tertiary/aromatic N) is 3. The third kappa shape index (κ3) is 1.82. The largest absolute Gasteiger partial charge is 0.268 e. The highest BCUT2D eigenvalue weighted by molar-refractivity contribution is 7.71. The van der Waals surface area contributed by atoms with Gasteiger partial charge in [0.2, 0.25) is 10.5 Å². The Morgan fingerprint density at radius 3 is 2.79 bits per heavy atom. The van der Waals surface area contributed by atoms with Gasteiger partial charge in [0.15, 0.2) is 0 Å². The lowest BCUT2D eigenvalue weighted by molar-refractivity contribution is 0.699. The average Bonchev–Trinajstić information content (AvgIpc) is 3.17. The van der Waals surface area contributed by atoms with Gasteiger partial charge in [-0.15, -0.1) is 16.4 Å². The fourth-order valence-electron chi connectivity index (χ4n) is 3.56. The molecule has 0 bridgehead atoms. The van der Waals surface area contributed by atoms with Crippen molar-refractivity contribution in [3.63, 3.8) is 0 Å². The van der Waals surface area contributed by atoms with Crippen LogP contribution >= 0.6 is 23.6 Å². The number of benzene rings is 1. The van der Waals surface area contributed by atoms with Gasteiger partial charge >= 0.3 is 0 Å². The number of hydrogen-bond acceptors (Lipinski definition) is 4. The van der Waals surface area contributed by atoms with Crippen molar-refractivity contribution in [3.8, 4) is 5.69 Å². The van der Waals surface area contributed by atoms with Crippen LogP contribution in [0.15, 0.2) is 35.1 Å². The van der Waals surface area contributed by atoms with Gasteiger partial charge in [-0.1, -0.05) is 18.2 Å². The van der Waals surface area contributed by atoms with Gasteiger partial charge in [0.25, 0.3) is 5.56 Å². The Bertz CT molecular complexity index is 1200. The highest BCUT2D eigenvalue weighted by Gasteiger charge is 2.23. The Morgan fingerprint density at radius 2 is 1.96 bits per heavy atom. The molecule has 0 aliphatic heterocycles. The van der Waals surface area contributed by atoms with Crippen LogP contribution in [-0.2, 0) is 12.8 Å². The molecule has 0 fully saturated rings. The zero-order valence-electron chi connectivity index (χ0n) is 12.8. The fraction of sp³-hybridized carbons (Fsp3) is 0.235. The van der Waals surface area contributed by atoms with Crippen LogP contribution in [-0.4, -0.2) is 19.2 Å². The van der Waals surface area contributed by atoms with Gasteiger partial charge in [-0.2, -0.15) is 0 Å². The number of aromatic nitrogens is 4. The van der Waals surface area contributed by atoms with Gasteiger partial charge in [0.05, 0.1) is 11.1 Å². The third-order valence-corrected chi connectivity index (χ3v) is 6.19. The number of para-hydroxylation sites is 1. The van der Waals surface area contributed by atoms with Crippen LogP contribution in [0.4, 0.5) is 0 Å². The summed E-state index contributed by atoms with van der Waals surface area (Å²) in [6, 6.07) is 9.63. The van der Waals surface area contributed by atoms with Crippen LogP contribution in [0.25, 0.3) is 21.7 Å². The number of aromatic amines is 1. The summed E-state index contributed by atoms with van der Waals surface area (Å²) in [4.78, 5) is 15.6. The molecule has 5 nitrogen and oxygen atoms in total. The zero-order valence-corrected chi connectivity index (χ0v) is 14.4. The molecule has 0 amide bonds. The Labute approximate surface area is 146 Å².